The molecule has 3 aromatic rings. The van der Waals surface area contributed by atoms with Crippen LogP contribution in [0.1, 0.15) is 35.5 Å². The number of anilines is 2. The van der Waals surface area contributed by atoms with E-state index in [1.165, 1.54) is 11.1 Å². The lowest BCUT2D eigenvalue weighted by Gasteiger charge is -2.11. The molecule has 0 bridgehead atoms. The first-order chi connectivity index (χ1) is 13.5. The van der Waals surface area contributed by atoms with Crippen LogP contribution < -0.4 is 15.4 Å². The largest absolute Gasteiger partial charge is 0.491 e. The fourth-order valence-corrected chi connectivity index (χ4v) is 2.75. The lowest BCUT2D eigenvalue weighted by molar-refractivity contribution is 0.102. The predicted octanol–water partition coefficient (Wildman–Crippen LogP) is 5.04. The van der Waals surface area contributed by atoms with Gasteiger partial charge in [0.15, 0.2) is 0 Å². The van der Waals surface area contributed by atoms with Crippen molar-refractivity contribution < 1.29 is 9.53 Å². The minimum atomic E-state index is -0.253. The van der Waals surface area contributed by atoms with Gasteiger partial charge in [0.05, 0.1) is 6.10 Å². The van der Waals surface area contributed by atoms with Crippen LogP contribution in [0, 0.1) is 6.92 Å². The van der Waals surface area contributed by atoms with Gasteiger partial charge in [-0.15, -0.1) is 0 Å². The summed E-state index contributed by atoms with van der Waals surface area (Å²) < 4.78 is 5.61. The van der Waals surface area contributed by atoms with E-state index in [4.69, 9.17) is 4.74 Å². The normalized spacial score (nSPS) is 10.6. The first-order valence-electron chi connectivity index (χ1n) is 9.34. The van der Waals surface area contributed by atoms with Crippen LogP contribution in [0.2, 0.25) is 0 Å². The van der Waals surface area contributed by atoms with Gasteiger partial charge in [-0.1, -0.05) is 24.3 Å². The predicted molar refractivity (Wildman–Crippen MR) is 113 cm³/mol. The van der Waals surface area contributed by atoms with Crippen LogP contribution in [0.4, 0.5) is 11.4 Å². The topological polar surface area (TPSA) is 63.2 Å². The maximum Gasteiger partial charge on any atom is 0.274 e. The molecule has 1 heterocycles. The second-order valence-electron chi connectivity index (χ2n) is 6.85. The molecule has 0 unspecified atom stereocenters. The smallest absolute Gasteiger partial charge is 0.274 e. The second-order valence-corrected chi connectivity index (χ2v) is 6.85. The molecule has 144 valence electrons. The minimum absolute atomic E-state index is 0.111. The molecule has 0 aliphatic rings. The standard InChI is InChI=1S/C23H25N3O2/c1-16(2)28-21-10-8-19(9-11-21)26-23(27)22-14-20(12-13-24-22)25-15-18-7-5-4-6-17(18)3/h4-14,16H,15H2,1-3H3,(H,24,25)(H,26,27). The molecule has 3 rings (SSSR count). The highest BCUT2D eigenvalue weighted by molar-refractivity contribution is 6.03. The van der Waals surface area contributed by atoms with E-state index in [1.54, 1.807) is 12.3 Å². The SMILES string of the molecule is Cc1ccccc1CNc1ccnc(C(=O)Nc2ccc(OC(C)C)cc2)c1. The summed E-state index contributed by atoms with van der Waals surface area (Å²) in [4.78, 5) is 16.7. The van der Waals surface area contributed by atoms with Crippen LogP contribution in [-0.2, 0) is 6.54 Å². The van der Waals surface area contributed by atoms with E-state index in [0.717, 1.165) is 11.4 Å². The summed E-state index contributed by atoms with van der Waals surface area (Å²) in [6.45, 7) is 6.72. The van der Waals surface area contributed by atoms with E-state index in [-0.39, 0.29) is 12.0 Å². The molecule has 0 spiro atoms. The zero-order chi connectivity index (χ0) is 19.9. The van der Waals surface area contributed by atoms with Crippen LogP contribution in [0.3, 0.4) is 0 Å². The molecule has 2 aromatic carbocycles. The van der Waals surface area contributed by atoms with Gasteiger partial charge in [0.2, 0.25) is 0 Å². The van der Waals surface area contributed by atoms with Gasteiger partial charge < -0.3 is 15.4 Å². The number of hydrogen-bond donors (Lipinski definition) is 2. The van der Waals surface area contributed by atoms with Crippen molar-refractivity contribution in [3.63, 3.8) is 0 Å². The third kappa shape index (κ3) is 5.33. The van der Waals surface area contributed by atoms with Gasteiger partial charge >= 0.3 is 0 Å². The highest BCUT2D eigenvalue weighted by Gasteiger charge is 2.09. The van der Waals surface area contributed by atoms with Gasteiger partial charge in [-0.25, -0.2) is 0 Å². The first-order valence-corrected chi connectivity index (χ1v) is 9.34. The molecule has 5 nitrogen and oxygen atoms in total. The summed E-state index contributed by atoms with van der Waals surface area (Å²) in [5.74, 6) is 0.519. The number of ether oxygens (including phenoxy) is 1. The van der Waals surface area contributed by atoms with Gasteiger partial charge in [0.25, 0.3) is 5.91 Å². The van der Waals surface area contributed by atoms with Crippen molar-refractivity contribution in [2.75, 3.05) is 10.6 Å². The van der Waals surface area contributed by atoms with Crippen molar-refractivity contribution in [3.8, 4) is 5.75 Å². The molecule has 2 N–H and O–H groups in total. The molecular formula is C23H25N3O2. The van der Waals surface area contributed by atoms with E-state index in [1.807, 2.05) is 56.3 Å². The number of carbonyl (C=O) groups excluding carboxylic acids is 1. The summed E-state index contributed by atoms with van der Waals surface area (Å²) in [7, 11) is 0. The summed E-state index contributed by atoms with van der Waals surface area (Å²) in [5, 5.41) is 6.21. The van der Waals surface area contributed by atoms with Crippen molar-refractivity contribution >= 4 is 17.3 Å². The summed E-state index contributed by atoms with van der Waals surface area (Å²) in [6, 6.07) is 19.1. The minimum Gasteiger partial charge on any atom is -0.491 e. The molecule has 0 aliphatic carbocycles. The van der Waals surface area contributed by atoms with Crippen molar-refractivity contribution in [3.05, 3.63) is 83.7 Å². The Morgan fingerprint density at radius 2 is 1.79 bits per heavy atom. The number of aromatic nitrogens is 1. The van der Waals surface area contributed by atoms with Gasteiger partial charge in [-0.3, -0.25) is 9.78 Å². The van der Waals surface area contributed by atoms with Crippen molar-refractivity contribution in [1.29, 1.82) is 0 Å². The molecule has 0 aliphatic heterocycles. The number of pyridine rings is 1. The lowest BCUT2D eigenvalue weighted by atomic mass is 10.1. The molecule has 0 saturated carbocycles. The molecule has 28 heavy (non-hydrogen) atoms. The van der Waals surface area contributed by atoms with E-state index < -0.39 is 0 Å². The van der Waals surface area contributed by atoms with Crippen LogP contribution in [0.5, 0.6) is 5.75 Å². The first kappa shape index (κ1) is 19.4. The summed E-state index contributed by atoms with van der Waals surface area (Å²) >= 11 is 0. The molecular weight excluding hydrogens is 350 g/mol. The number of nitrogens with zero attached hydrogens (tertiary/aromatic N) is 1. The fraction of sp³-hybridized carbons (Fsp3) is 0.217. The Hall–Kier alpha value is -3.34. The monoisotopic (exact) mass is 375 g/mol. The molecule has 0 radical (unpaired) electrons. The fourth-order valence-electron chi connectivity index (χ4n) is 2.75. The number of nitrogens with one attached hydrogen (secondary N) is 2. The average Bonchev–Trinajstić information content (AvgIpc) is 2.69. The Bertz CT molecular complexity index is 937. The van der Waals surface area contributed by atoms with Crippen molar-refractivity contribution in [2.45, 2.75) is 33.4 Å². The molecule has 5 heteroatoms. The van der Waals surface area contributed by atoms with Crippen LogP contribution in [0.25, 0.3) is 0 Å². The Kier molecular flexibility index (Phi) is 6.27. The van der Waals surface area contributed by atoms with Gasteiger partial charge in [0.1, 0.15) is 11.4 Å². The number of rotatable bonds is 7. The third-order valence-corrected chi connectivity index (χ3v) is 4.22. The van der Waals surface area contributed by atoms with E-state index in [0.29, 0.717) is 17.9 Å². The third-order valence-electron chi connectivity index (χ3n) is 4.22. The second kappa shape index (κ2) is 9.04. The lowest BCUT2D eigenvalue weighted by Crippen LogP contribution is -2.14. The molecule has 1 amide bonds. The van der Waals surface area contributed by atoms with Gasteiger partial charge in [0, 0.05) is 24.1 Å². The average molecular weight is 375 g/mol. The zero-order valence-corrected chi connectivity index (χ0v) is 16.4. The van der Waals surface area contributed by atoms with Gasteiger partial charge in [-0.2, -0.15) is 0 Å². The Labute approximate surface area is 165 Å². The number of benzene rings is 2. The number of amides is 1. The Morgan fingerprint density at radius 3 is 2.50 bits per heavy atom. The Morgan fingerprint density at radius 1 is 1.04 bits per heavy atom. The molecule has 0 saturated heterocycles. The number of aryl methyl sites for hydroxylation is 1. The van der Waals surface area contributed by atoms with Crippen LogP contribution >= 0.6 is 0 Å². The van der Waals surface area contributed by atoms with Gasteiger partial charge in [-0.05, 0) is 68.3 Å². The van der Waals surface area contributed by atoms with E-state index >= 15 is 0 Å². The quantitative estimate of drug-likeness (QED) is 0.607. The maximum atomic E-state index is 12.5. The molecule has 0 fully saturated rings. The van der Waals surface area contributed by atoms with Crippen molar-refractivity contribution in [2.24, 2.45) is 0 Å². The zero-order valence-electron chi connectivity index (χ0n) is 16.4. The Balaban J connectivity index is 1.62. The number of carbonyl (C=O) groups is 1. The summed E-state index contributed by atoms with van der Waals surface area (Å²) in [6.07, 6.45) is 1.74. The maximum absolute atomic E-state index is 12.5. The molecule has 0 atom stereocenters. The highest BCUT2D eigenvalue weighted by atomic mass is 16.5. The van der Waals surface area contributed by atoms with Crippen LogP contribution in [-0.4, -0.2) is 17.0 Å². The van der Waals surface area contributed by atoms with Crippen molar-refractivity contribution in [1.82, 2.24) is 4.98 Å². The van der Waals surface area contributed by atoms with Crippen LogP contribution in [0.15, 0.2) is 66.9 Å². The summed E-state index contributed by atoms with van der Waals surface area (Å²) in [5.41, 5.74) is 4.35. The number of hydrogen-bond acceptors (Lipinski definition) is 4. The highest BCUT2D eigenvalue weighted by Crippen LogP contribution is 2.18. The van der Waals surface area contributed by atoms with E-state index in [9.17, 15) is 4.79 Å². The molecule has 1 aromatic heterocycles. The van der Waals surface area contributed by atoms with E-state index in [2.05, 4.69) is 34.7 Å².